The van der Waals surface area contributed by atoms with E-state index in [1.165, 1.54) is 7.11 Å². The molecule has 0 aliphatic rings. The highest BCUT2D eigenvalue weighted by Gasteiger charge is 2.14. The molecule has 1 rings (SSSR count). The fraction of sp³-hybridized carbons (Fsp3) is 0.417. The zero-order valence-electron chi connectivity index (χ0n) is 10.1. The van der Waals surface area contributed by atoms with E-state index in [0.29, 0.717) is 5.75 Å². The van der Waals surface area contributed by atoms with Crippen molar-refractivity contribution in [2.45, 2.75) is 13.0 Å². The molecule has 4 nitrogen and oxygen atoms in total. The third-order valence-corrected chi connectivity index (χ3v) is 2.18. The predicted octanol–water partition coefficient (Wildman–Crippen LogP) is 1.69. The Bertz CT molecular complexity index is 363. The number of hydrogen-bond donors (Lipinski definition) is 0. The zero-order valence-corrected chi connectivity index (χ0v) is 10.1. The van der Waals surface area contributed by atoms with Crippen LogP contribution in [0.1, 0.15) is 6.92 Å². The second-order valence-electron chi connectivity index (χ2n) is 3.68. The first kappa shape index (κ1) is 12.4. The lowest BCUT2D eigenvalue weighted by Gasteiger charge is -2.16. The van der Waals surface area contributed by atoms with E-state index < -0.39 is 6.10 Å². The zero-order chi connectivity index (χ0) is 12.1. The number of methoxy groups -OCH3 is 1. The summed E-state index contributed by atoms with van der Waals surface area (Å²) in [4.78, 5) is 13.1. The molecule has 1 unspecified atom stereocenters. The smallest absolute Gasteiger partial charge is 0.346 e. The van der Waals surface area contributed by atoms with Crippen molar-refractivity contribution in [1.29, 1.82) is 0 Å². The largest absolute Gasteiger partial charge is 0.479 e. The van der Waals surface area contributed by atoms with Gasteiger partial charge in [0.15, 0.2) is 6.10 Å². The summed E-state index contributed by atoms with van der Waals surface area (Å²) in [6.45, 7) is 1.66. The number of benzene rings is 1. The molecule has 0 heterocycles. The topological polar surface area (TPSA) is 38.8 Å². The summed E-state index contributed by atoms with van der Waals surface area (Å²) < 4.78 is 10.0. The van der Waals surface area contributed by atoms with Crippen LogP contribution < -0.4 is 9.64 Å². The van der Waals surface area contributed by atoms with Gasteiger partial charge in [-0.2, -0.15) is 0 Å². The molecule has 0 bridgehead atoms. The third-order valence-electron chi connectivity index (χ3n) is 2.18. The van der Waals surface area contributed by atoms with E-state index in [1.807, 2.05) is 43.3 Å². The number of anilines is 1. The van der Waals surface area contributed by atoms with E-state index in [9.17, 15) is 4.79 Å². The Hall–Kier alpha value is -1.71. The number of rotatable bonds is 4. The average molecular weight is 223 g/mol. The van der Waals surface area contributed by atoms with Crippen LogP contribution in [0.25, 0.3) is 0 Å². The Morgan fingerprint density at radius 3 is 2.62 bits per heavy atom. The van der Waals surface area contributed by atoms with Gasteiger partial charge in [0.05, 0.1) is 7.11 Å². The molecule has 1 aromatic carbocycles. The molecule has 16 heavy (non-hydrogen) atoms. The van der Waals surface area contributed by atoms with E-state index in [1.54, 1.807) is 6.92 Å². The summed E-state index contributed by atoms with van der Waals surface area (Å²) in [5.41, 5.74) is 1.02. The molecule has 4 heteroatoms. The molecule has 0 radical (unpaired) electrons. The van der Waals surface area contributed by atoms with E-state index >= 15 is 0 Å². The van der Waals surface area contributed by atoms with Crippen molar-refractivity contribution in [1.82, 2.24) is 0 Å². The Morgan fingerprint density at radius 1 is 1.38 bits per heavy atom. The molecule has 0 amide bonds. The molecular formula is C12H17NO3. The first-order valence-electron chi connectivity index (χ1n) is 5.06. The van der Waals surface area contributed by atoms with Gasteiger partial charge in [0.2, 0.25) is 0 Å². The van der Waals surface area contributed by atoms with Crippen molar-refractivity contribution in [2.75, 3.05) is 26.1 Å². The molecule has 0 fully saturated rings. The lowest BCUT2D eigenvalue weighted by Crippen LogP contribution is -2.25. The maximum absolute atomic E-state index is 11.2. The van der Waals surface area contributed by atoms with Crippen LogP contribution in [-0.2, 0) is 9.53 Å². The van der Waals surface area contributed by atoms with Crippen molar-refractivity contribution in [3.63, 3.8) is 0 Å². The fourth-order valence-electron chi connectivity index (χ4n) is 1.25. The number of carbonyl (C=O) groups is 1. The van der Waals surface area contributed by atoms with Crippen LogP contribution in [0.3, 0.4) is 0 Å². The van der Waals surface area contributed by atoms with Gasteiger partial charge in [0.1, 0.15) is 5.75 Å². The molecule has 0 saturated carbocycles. The van der Waals surface area contributed by atoms with E-state index in [4.69, 9.17) is 4.74 Å². The lowest BCUT2D eigenvalue weighted by atomic mass is 10.3. The highest BCUT2D eigenvalue weighted by molar-refractivity contribution is 5.74. The van der Waals surface area contributed by atoms with Gasteiger partial charge in [-0.25, -0.2) is 4.79 Å². The molecule has 0 N–H and O–H groups in total. The van der Waals surface area contributed by atoms with Crippen LogP contribution in [0.15, 0.2) is 24.3 Å². The number of ether oxygens (including phenoxy) is 2. The van der Waals surface area contributed by atoms with E-state index in [0.717, 1.165) is 5.69 Å². The Labute approximate surface area is 95.8 Å². The van der Waals surface area contributed by atoms with Crippen LogP contribution in [0, 0.1) is 0 Å². The normalized spacial score (nSPS) is 11.8. The van der Waals surface area contributed by atoms with Crippen molar-refractivity contribution in [3.8, 4) is 5.75 Å². The van der Waals surface area contributed by atoms with Crippen LogP contribution in [0.2, 0.25) is 0 Å². The molecule has 0 aromatic heterocycles. The minimum Gasteiger partial charge on any atom is -0.479 e. The predicted molar refractivity (Wildman–Crippen MR) is 62.9 cm³/mol. The second kappa shape index (κ2) is 5.39. The summed E-state index contributed by atoms with van der Waals surface area (Å²) >= 11 is 0. The van der Waals surface area contributed by atoms with Gasteiger partial charge < -0.3 is 14.4 Å². The summed E-state index contributed by atoms with van der Waals surface area (Å²) in [6.07, 6.45) is -0.595. The molecule has 0 aliphatic carbocycles. The summed E-state index contributed by atoms with van der Waals surface area (Å²) in [7, 11) is 5.24. The first-order chi connectivity index (χ1) is 7.54. The van der Waals surface area contributed by atoms with Crippen molar-refractivity contribution in [2.24, 2.45) is 0 Å². The van der Waals surface area contributed by atoms with Crippen LogP contribution in [0.4, 0.5) is 5.69 Å². The van der Waals surface area contributed by atoms with Crippen molar-refractivity contribution < 1.29 is 14.3 Å². The fourth-order valence-corrected chi connectivity index (χ4v) is 1.25. The molecule has 88 valence electrons. The molecule has 1 aromatic rings. The van der Waals surface area contributed by atoms with Crippen LogP contribution >= 0.6 is 0 Å². The molecular weight excluding hydrogens is 206 g/mol. The van der Waals surface area contributed by atoms with Gasteiger partial charge >= 0.3 is 5.97 Å². The summed E-state index contributed by atoms with van der Waals surface area (Å²) in [6, 6.07) is 7.54. The van der Waals surface area contributed by atoms with Gasteiger partial charge in [-0.3, -0.25) is 0 Å². The second-order valence-corrected chi connectivity index (χ2v) is 3.68. The van der Waals surface area contributed by atoms with Gasteiger partial charge in [0, 0.05) is 25.8 Å². The van der Waals surface area contributed by atoms with Crippen LogP contribution in [0.5, 0.6) is 5.75 Å². The van der Waals surface area contributed by atoms with Gasteiger partial charge in [-0.05, 0) is 19.1 Å². The van der Waals surface area contributed by atoms with Crippen molar-refractivity contribution in [3.05, 3.63) is 24.3 Å². The molecule has 0 spiro atoms. The van der Waals surface area contributed by atoms with Crippen molar-refractivity contribution >= 4 is 11.7 Å². The maximum Gasteiger partial charge on any atom is 0.346 e. The van der Waals surface area contributed by atoms with Gasteiger partial charge in [-0.1, -0.05) is 6.07 Å². The third kappa shape index (κ3) is 3.15. The SMILES string of the molecule is COC(=O)C(C)Oc1cccc(N(C)C)c1. The summed E-state index contributed by atoms with van der Waals surface area (Å²) in [5.74, 6) is 0.277. The maximum atomic E-state index is 11.2. The monoisotopic (exact) mass is 223 g/mol. The highest BCUT2D eigenvalue weighted by atomic mass is 16.6. The van der Waals surface area contributed by atoms with Crippen LogP contribution in [-0.4, -0.2) is 33.3 Å². The summed E-state index contributed by atoms with van der Waals surface area (Å²) in [5, 5.41) is 0. The van der Waals surface area contributed by atoms with Gasteiger partial charge in [-0.15, -0.1) is 0 Å². The average Bonchev–Trinajstić information content (AvgIpc) is 2.28. The van der Waals surface area contributed by atoms with Gasteiger partial charge in [0.25, 0.3) is 0 Å². The number of nitrogens with zero attached hydrogens (tertiary/aromatic N) is 1. The molecule has 0 aliphatic heterocycles. The quantitative estimate of drug-likeness (QED) is 0.728. The minimum absolute atomic E-state index is 0.379. The Kier molecular flexibility index (Phi) is 4.17. The molecule has 1 atom stereocenters. The minimum atomic E-state index is -0.595. The highest BCUT2D eigenvalue weighted by Crippen LogP contribution is 2.20. The molecule has 0 saturated heterocycles. The number of carbonyl (C=O) groups excluding carboxylic acids is 1. The lowest BCUT2D eigenvalue weighted by molar-refractivity contribution is -0.147. The first-order valence-corrected chi connectivity index (χ1v) is 5.06. The Morgan fingerprint density at radius 2 is 2.06 bits per heavy atom. The van der Waals surface area contributed by atoms with E-state index in [2.05, 4.69) is 4.74 Å². The number of esters is 1. The number of hydrogen-bond acceptors (Lipinski definition) is 4. The van der Waals surface area contributed by atoms with E-state index in [-0.39, 0.29) is 5.97 Å². The Balaban J connectivity index is 2.74. The standard InChI is InChI=1S/C12H17NO3/c1-9(12(14)15-4)16-11-7-5-6-10(8-11)13(2)3/h5-9H,1-4H3.